The zero-order valence-corrected chi connectivity index (χ0v) is 25.3. The van der Waals surface area contributed by atoms with Gasteiger partial charge in [0.2, 0.25) is 0 Å². The summed E-state index contributed by atoms with van der Waals surface area (Å²) < 4.78 is 38.9. The predicted octanol–water partition coefficient (Wildman–Crippen LogP) is 3.75. The Hall–Kier alpha value is -3.91. The van der Waals surface area contributed by atoms with Crippen molar-refractivity contribution >= 4 is 22.7 Å². The maximum Gasteiger partial charge on any atom is 0.188 e. The molecule has 0 bridgehead atoms. The minimum atomic E-state index is -0.971. The molecule has 2 atom stereocenters. The molecule has 2 N–H and O–H groups in total. The number of pyridine rings is 1. The Labute approximate surface area is 250 Å². The van der Waals surface area contributed by atoms with Crippen LogP contribution in [0.5, 0.6) is 11.5 Å². The molecule has 0 aliphatic heterocycles. The first kappa shape index (κ1) is 32.0. The number of rotatable bonds is 15. The van der Waals surface area contributed by atoms with E-state index in [-0.39, 0.29) is 49.9 Å². The molecule has 13 heteroatoms. The molecule has 0 aliphatic carbocycles. The summed E-state index contributed by atoms with van der Waals surface area (Å²) in [4.78, 5) is 15.4. The van der Waals surface area contributed by atoms with E-state index in [0.717, 1.165) is 0 Å². The molecular weight excluding hydrogens is 559 g/mol. The summed E-state index contributed by atoms with van der Waals surface area (Å²) in [6.45, 7) is 7.99. The number of hydrogen-bond donors (Lipinski definition) is 2. The first-order valence-corrected chi connectivity index (χ1v) is 14.0. The number of aromatic nitrogens is 5. The summed E-state index contributed by atoms with van der Waals surface area (Å²) in [5, 5.41) is 25.4. The van der Waals surface area contributed by atoms with Gasteiger partial charge in [-0.2, -0.15) is 5.10 Å². The van der Waals surface area contributed by atoms with Crippen LogP contribution in [0.15, 0.2) is 42.9 Å². The quantitative estimate of drug-likeness (QED) is 0.207. The third-order valence-electron chi connectivity index (χ3n) is 6.37. The first-order valence-electron chi connectivity index (χ1n) is 14.0. The van der Waals surface area contributed by atoms with Gasteiger partial charge in [0.1, 0.15) is 17.1 Å². The standard InChI is InChI=1S/C30H39FN6O6/c1-18(2)42-16-21(38)14-36-13-20(11-33-36)25-12-32-24-7-8-28(35-30(24)34-25)37(15-22(39)17-43-19(3)4)26-9-23(40-5)10-27(41-6)29(26)31/h7-13,18-19,21-22,38-39H,14-17H2,1-6H3. The largest absolute Gasteiger partial charge is 0.497 e. The van der Waals surface area contributed by atoms with Crippen LogP contribution in [0.1, 0.15) is 27.7 Å². The van der Waals surface area contributed by atoms with Crippen molar-refractivity contribution in [1.82, 2.24) is 24.7 Å². The number of fused-ring (bicyclic) bond motifs is 1. The van der Waals surface area contributed by atoms with E-state index in [9.17, 15) is 10.2 Å². The summed E-state index contributed by atoms with van der Waals surface area (Å²) in [7, 11) is 2.84. The SMILES string of the molecule is COc1cc(OC)c(F)c(N(CC(O)COC(C)C)c2ccc3ncc(-c4cnn(CC(O)COC(C)C)c4)nc3n2)c1. The van der Waals surface area contributed by atoms with Gasteiger partial charge in [0.25, 0.3) is 0 Å². The van der Waals surface area contributed by atoms with Crippen LogP contribution < -0.4 is 14.4 Å². The Kier molecular flexibility index (Phi) is 10.8. The van der Waals surface area contributed by atoms with Gasteiger partial charge in [-0.15, -0.1) is 0 Å². The predicted molar refractivity (Wildman–Crippen MR) is 159 cm³/mol. The van der Waals surface area contributed by atoms with Crippen LogP contribution in [0.2, 0.25) is 0 Å². The zero-order chi connectivity index (χ0) is 31.1. The summed E-state index contributed by atoms with van der Waals surface area (Å²) in [6.07, 6.45) is 3.23. The summed E-state index contributed by atoms with van der Waals surface area (Å²) >= 11 is 0. The lowest BCUT2D eigenvalue weighted by molar-refractivity contribution is -0.00201. The van der Waals surface area contributed by atoms with E-state index in [1.54, 1.807) is 35.4 Å². The van der Waals surface area contributed by atoms with Gasteiger partial charge < -0.3 is 34.1 Å². The second-order valence-electron chi connectivity index (χ2n) is 10.6. The van der Waals surface area contributed by atoms with Gasteiger partial charge in [0.05, 0.1) is 88.7 Å². The lowest BCUT2D eigenvalue weighted by atomic mass is 10.2. The van der Waals surface area contributed by atoms with Crippen LogP contribution in [0.25, 0.3) is 22.4 Å². The minimum absolute atomic E-state index is 0.0168. The number of halogens is 1. The highest BCUT2D eigenvalue weighted by atomic mass is 19.1. The summed E-state index contributed by atoms with van der Waals surface area (Å²) in [5.74, 6) is 0.0242. The van der Waals surface area contributed by atoms with Crippen molar-refractivity contribution in [3.8, 4) is 22.8 Å². The molecule has 0 fully saturated rings. The van der Waals surface area contributed by atoms with Crippen molar-refractivity contribution in [3.63, 3.8) is 0 Å². The maximum atomic E-state index is 15.6. The lowest BCUT2D eigenvalue weighted by Crippen LogP contribution is -2.33. The van der Waals surface area contributed by atoms with E-state index in [4.69, 9.17) is 28.9 Å². The molecule has 0 aliphatic rings. The molecule has 0 radical (unpaired) electrons. The van der Waals surface area contributed by atoms with E-state index < -0.39 is 18.0 Å². The van der Waals surface area contributed by atoms with Gasteiger partial charge in [-0.1, -0.05) is 0 Å². The normalized spacial score (nSPS) is 13.1. The number of nitrogens with zero attached hydrogens (tertiary/aromatic N) is 6. The van der Waals surface area contributed by atoms with Crippen molar-refractivity contribution in [3.05, 3.63) is 48.7 Å². The highest BCUT2D eigenvalue weighted by molar-refractivity contribution is 5.77. The number of anilines is 2. The Morgan fingerprint density at radius 3 is 2.33 bits per heavy atom. The average Bonchev–Trinajstić information content (AvgIpc) is 3.45. The van der Waals surface area contributed by atoms with Crippen molar-refractivity contribution in [2.24, 2.45) is 0 Å². The second kappa shape index (κ2) is 14.5. The van der Waals surface area contributed by atoms with Gasteiger partial charge in [0, 0.05) is 23.9 Å². The average molecular weight is 599 g/mol. The third-order valence-corrected chi connectivity index (χ3v) is 6.37. The third kappa shape index (κ3) is 8.35. The molecule has 43 heavy (non-hydrogen) atoms. The van der Waals surface area contributed by atoms with Crippen molar-refractivity contribution < 1.29 is 33.6 Å². The monoisotopic (exact) mass is 598 g/mol. The number of methoxy groups -OCH3 is 2. The van der Waals surface area contributed by atoms with E-state index in [2.05, 4.69) is 10.1 Å². The Bertz CT molecular complexity index is 1500. The number of hydrogen-bond acceptors (Lipinski definition) is 11. The van der Waals surface area contributed by atoms with Gasteiger partial charge in [0.15, 0.2) is 17.2 Å². The highest BCUT2D eigenvalue weighted by Crippen LogP contribution is 2.36. The number of benzene rings is 1. The van der Waals surface area contributed by atoms with E-state index in [0.29, 0.717) is 34.0 Å². The molecule has 232 valence electrons. The summed E-state index contributed by atoms with van der Waals surface area (Å²) in [5.41, 5.74) is 2.12. The van der Waals surface area contributed by atoms with Gasteiger partial charge in [-0.25, -0.2) is 14.4 Å². The molecular formula is C30H39FN6O6. The number of ether oxygens (including phenoxy) is 4. The Morgan fingerprint density at radius 1 is 0.930 bits per heavy atom. The molecule has 2 unspecified atom stereocenters. The molecule has 4 aromatic rings. The summed E-state index contributed by atoms with van der Waals surface area (Å²) in [6, 6.07) is 6.35. The molecule has 0 saturated heterocycles. The molecule has 3 aromatic heterocycles. The molecule has 0 saturated carbocycles. The van der Waals surface area contributed by atoms with Crippen LogP contribution in [0.3, 0.4) is 0 Å². The first-order chi connectivity index (χ1) is 20.6. The van der Waals surface area contributed by atoms with Crippen molar-refractivity contribution in [1.29, 1.82) is 0 Å². The maximum absolute atomic E-state index is 15.6. The van der Waals surface area contributed by atoms with Crippen molar-refractivity contribution in [2.75, 3.05) is 38.9 Å². The van der Waals surface area contributed by atoms with Crippen molar-refractivity contribution in [2.45, 2.75) is 58.7 Å². The fourth-order valence-electron chi connectivity index (χ4n) is 4.25. The van der Waals surface area contributed by atoms with Crippen LogP contribution in [-0.2, 0) is 16.0 Å². The van der Waals surface area contributed by atoms with E-state index in [1.165, 1.54) is 31.3 Å². The van der Waals surface area contributed by atoms with Gasteiger partial charge >= 0.3 is 0 Å². The molecule has 1 aromatic carbocycles. The zero-order valence-electron chi connectivity index (χ0n) is 25.3. The highest BCUT2D eigenvalue weighted by Gasteiger charge is 2.24. The number of aliphatic hydroxyl groups excluding tert-OH is 2. The van der Waals surface area contributed by atoms with Crippen LogP contribution in [-0.4, -0.2) is 93.3 Å². The van der Waals surface area contributed by atoms with Crippen LogP contribution in [0, 0.1) is 5.82 Å². The molecule has 4 rings (SSSR count). The van der Waals surface area contributed by atoms with Crippen LogP contribution in [0.4, 0.5) is 15.9 Å². The molecule has 12 nitrogen and oxygen atoms in total. The topological polar surface area (TPSA) is 137 Å². The molecule has 3 heterocycles. The van der Waals surface area contributed by atoms with Crippen LogP contribution >= 0.6 is 0 Å². The molecule has 0 spiro atoms. The fraction of sp³-hybridized carbons (Fsp3) is 0.467. The van der Waals surface area contributed by atoms with Gasteiger partial charge in [-0.3, -0.25) is 9.67 Å². The van der Waals surface area contributed by atoms with E-state index >= 15 is 4.39 Å². The Morgan fingerprint density at radius 2 is 1.65 bits per heavy atom. The minimum Gasteiger partial charge on any atom is -0.497 e. The smallest absolute Gasteiger partial charge is 0.188 e. The number of aliphatic hydroxyl groups is 2. The van der Waals surface area contributed by atoms with E-state index in [1.807, 2.05) is 27.7 Å². The lowest BCUT2D eigenvalue weighted by Gasteiger charge is -2.28. The second-order valence-corrected chi connectivity index (χ2v) is 10.6. The molecule has 0 amide bonds. The fourth-order valence-corrected chi connectivity index (χ4v) is 4.25. The van der Waals surface area contributed by atoms with Gasteiger partial charge in [-0.05, 0) is 39.8 Å². The Balaban J connectivity index is 1.68.